The molecule has 0 aliphatic heterocycles. The van der Waals surface area contributed by atoms with Gasteiger partial charge in [-0.05, 0) is 32.7 Å². The van der Waals surface area contributed by atoms with Crippen LogP contribution in [0.2, 0.25) is 0 Å². The van der Waals surface area contributed by atoms with E-state index in [0.717, 1.165) is 17.0 Å². The summed E-state index contributed by atoms with van der Waals surface area (Å²) in [6.07, 6.45) is 3.99. The molecule has 0 aliphatic rings. The first kappa shape index (κ1) is 12.3. The van der Waals surface area contributed by atoms with Crippen LogP contribution in [0.3, 0.4) is 0 Å². The van der Waals surface area contributed by atoms with Crippen molar-refractivity contribution in [3.63, 3.8) is 0 Å². The van der Waals surface area contributed by atoms with Crippen molar-refractivity contribution in [1.82, 2.24) is 0 Å². The number of aliphatic imine (C=N–C) groups is 1. The zero-order valence-corrected chi connectivity index (χ0v) is 10.0. The minimum atomic E-state index is -0.00252. The smallest absolute Gasteiger partial charge is 0.128 e. The fraction of sp³-hybridized carbons (Fsp3) is 0.308. The number of rotatable bonds is 5. The molecule has 0 radical (unpaired) electrons. The second-order valence-corrected chi connectivity index (χ2v) is 3.46. The lowest BCUT2D eigenvalue weighted by atomic mass is 10.1. The molecule has 0 fully saturated rings. The van der Waals surface area contributed by atoms with Gasteiger partial charge in [0.2, 0.25) is 0 Å². The van der Waals surface area contributed by atoms with E-state index in [2.05, 4.69) is 17.0 Å². The number of nitrogens with one attached hydrogen (secondary N) is 1. The maximum Gasteiger partial charge on any atom is 0.128 e. The molecule has 0 spiro atoms. The fourth-order valence-electron chi connectivity index (χ4n) is 1.41. The van der Waals surface area contributed by atoms with Crippen molar-refractivity contribution in [1.29, 1.82) is 0 Å². The van der Waals surface area contributed by atoms with Gasteiger partial charge in [-0.2, -0.15) is 0 Å². The third-order valence-corrected chi connectivity index (χ3v) is 2.23. The highest BCUT2D eigenvalue weighted by Crippen LogP contribution is 2.24. The van der Waals surface area contributed by atoms with Crippen molar-refractivity contribution in [2.24, 2.45) is 4.99 Å². The number of anilines is 1. The molecule has 86 valence electrons. The van der Waals surface area contributed by atoms with E-state index in [1.807, 2.05) is 44.2 Å². The highest BCUT2D eigenvalue weighted by Gasteiger charge is 2.03. The molecular weight excluding hydrogens is 200 g/mol. The molecule has 0 amide bonds. The first-order chi connectivity index (χ1) is 7.71. The summed E-state index contributed by atoms with van der Waals surface area (Å²) in [5, 5.41) is 3.20. The maximum atomic E-state index is 5.32. The number of methoxy groups -OCH3 is 1. The quantitative estimate of drug-likeness (QED) is 0.770. The Morgan fingerprint density at radius 1 is 1.50 bits per heavy atom. The molecule has 0 heterocycles. The predicted molar refractivity (Wildman–Crippen MR) is 70.3 cm³/mol. The summed E-state index contributed by atoms with van der Waals surface area (Å²) >= 11 is 0. The van der Waals surface area contributed by atoms with Crippen molar-refractivity contribution in [2.45, 2.75) is 20.0 Å². The second kappa shape index (κ2) is 5.95. The Balaban J connectivity index is 2.94. The molecule has 1 aromatic rings. The van der Waals surface area contributed by atoms with Gasteiger partial charge in [0.15, 0.2) is 0 Å². The van der Waals surface area contributed by atoms with Crippen LogP contribution < -0.4 is 10.1 Å². The summed E-state index contributed by atoms with van der Waals surface area (Å²) in [5.74, 6) is 0.847. The second-order valence-electron chi connectivity index (χ2n) is 3.46. The van der Waals surface area contributed by atoms with E-state index < -0.39 is 0 Å². The van der Waals surface area contributed by atoms with Crippen LogP contribution in [0.5, 0.6) is 5.75 Å². The molecular formula is C13H18N2O. The summed E-state index contributed by atoms with van der Waals surface area (Å²) < 4.78 is 5.32. The predicted octanol–water partition coefficient (Wildman–Crippen LogP) is 3.19. The first-order valence-corrected chi connectivity index (χ1v) is 5.24. The lowest BCUT2D eigenvalue weighted by molar-refractivity contribution is 0.414. The highest BCUT2D eigenvalue weighted by molar-refractivity contribution is 5.63. The van der Waals surface area contributed by atoms with Gasteiger partial charge in [0, 0.05) is 17.3 Å². The average molecular weight is 218 g/mol. The number of allylic oxidation sites excluding steroid dienone is 1. The van der Waals surface area contributed by atoms with Crippen LogP contribution in [-0.2, 0) is 0 Å². The van der Waals surface area contributed by atoms with E-state index in [1.54, 1.807) is 7.11 Å². The van der Waals surface area contributed by atoms with Gasteiger partial charge >= 0.3 is 0 Å². The van der Waals surface area contributed by atoms with Gasteiger partial charge in [-0.1, -0.05) is 12.2 Å². The number of hydrogen-bond donors (Lipinski definition) is 1. The van der Waals surface area contributed by atoms with E-state index in [0.29, 0.717) is 0 Å². The Morgan fingerprint density at radius 3 is 2.81 bits per heavy atom. The number of benzene rings is 1. The van der Waals surface area contributed by atoms with Gasteiger partial charge in [0.25, 0.3) is 0 Å². The minimum absolute atomic E-state index is 0.00252. The third kappa shape index (κ3) is 3.12. The molecule has 0 aromatic heterocycles. The monoisotopic (exact) mass is 218 g/mol. The molecule has 1 rings (SSSR count). The van der Waals surface area contributed by atoms with Gasteiger partial charge in [0.1, 0.15) is 11.9 Å². The van der Waals surface area contributed by atoms with Crippen LogP contribution in [0, 0.1) is 0 Å². The van der Waals surface area contributed by atoms with Crippen LogP contribution in [0.1, 0.15) is 19.4 Å². The van der Waals surface area contributed by atoms with Gasteiger partial charge in [-0.3, -0.25) is 4.99 Å². The van der Waals surface area contributed by atoms with Crippen molar-refractivity contribution >= 4 is 18.5 Å². The Kier molecular flexibility index (Phi) is 4.58. The Morgan fingerprint density at radius 2 is 2.25 bits per heavy atom. The molecule has 0 saturated heterocycles. The highest BCUT2D eigenvalue weighted by atomic mass is 16.5. The van der Waals surface area contributed by atoms with Crippen molar-refractivity contribution in [3.8, 4) is 5.75 Å². The van der Waals surface area contributed by atoms with E-state index >= 15 is 0 Å². The van der Waals surface area contributed by atoms with Gasteiger partial charge in [-0.25, -0.2) is 0 Å². The van der Waals surface area contributed by atoms with Crippen molar-refractivity contribution in [3.05, 3.63) is 29.8 Å². The molecule has 0 aliphatic carbocycles. The molecule has 3 nitrogen and oxygen atoms in total. The van der Waals surface area contributed by atoms with E-state index in [-0.39, 0.29) is 6.17 Å². The fourth-order valence-corrected chi connectivity index (χ4v) is 1.41. The van der Waals surface area contributed by atoms with Crippen LogP contribution in [-0.4, -0.2) is 20.0 Å². The first-order valence-electron chi connectivity index (χ1n) is 5.24. The topological polar surface area (TPSA) is 33.6 Å². The molecule has 1 N–H and O–H groups in total. The molecule has 16 heavy (non-hydrogen) atoms. The van der Waals surface area contributed by atoms with E-state index in [1.165, 1.54) is 0 Å². The Hall–Kier alpha value is -1.77. The lowest BCUT2D eigenvalue weighted by Crippen LogP contribution is -2.11. The van der Waals surface area contributed by atoms with Crippen LogP contribution in [0.4, 0.5) is 5.69 Å². The van der Waals surface area contributed by atoms with Gasteiger partial charge < -0.3 is 10.1 Å². The molecule has 1 aromatic carbocycles. The number of hydrogen-bond acceptors (Lipinski definition) is 3. The summed E-state index contributed by atoms with van der Waals surface area (Å²) in [4.78, 5) is 3.88. The summed E-state index contributed by atoms with van der Waals surface area (Å²) in [6.45, 7) is 7.42. The largest absolute Gasteiger partial charge is 0.496 e. The van der Waals surface area contributed by atoms with Crippen LogP contribution >= 0.6 is 0 Å². The van der Waals surface area contributed by atoms with Crippen LogP contribution in [0.25, 0.3) is 6.08 Å². The zero-order chi connectivity index (χ0) is 12.0. The molecule has 1 unspecified atom stereocenters. The third-order valence-electron chi connectivity index (χ3n) is 2.23. The molecule has 0 saturated carbocycles. The molecule has 0 bridgehead atoms. The molecule has 1 atom stereocenters. The summed E-state index contributed by atoms with van der Waals surface area (Å²) in [6, 6.07) is 5.97. The van der Waals surface area contributed by atoms with E-state index in [9.17, 15) is 0 Å². The van der Waals surface area contributed by atoms with E-state index in [4.69, 9.17) is 4.74 Å². The standard InChI is InChI=1S/C13H18N2O/c1-5-6-11-7-8-12(9-13(11)16-4)15-10(2)14-3/h5-10,15H,3H2,1-2,4H3. The lowest BCUT2D eigenvalue weighted by Gasteiger charge is -2.12. The van der Waals surface area contributed by atoms with Crippen molar-refractivity contribution < 1.29 is 4.74 Å². The maximum absolute atomic E-state index is 5.32. The number of ether oxygens (including phenoxy) is 1. The normalized spacial score (nSPS) is 12.4. The number of nitrogens with zero attached hydrogens (tertiary/aromatic N) is 1. The minimum Gasteiger partial charge on any atom is -0.496 e. The van der Waals surface area contributed by atoms with Crippen LogP contribution in [0.15, 0.2) is 29.3 Å². The summed E-state index contributed by atoms with van der Waals surface area (Å²) in [7, 11) is 1.67. The SMILES string of the molecule is C=NC(C)Nc1ccc(C=CC)c(OC)c1. The summed E-state index contributed by atoms with van der Waals surface area (Å²) in [5.41, 5.74) is 2.04. The van der Waals surface area contributed by atoms with Crippen molar-refractivity contribution in [2.75, 3.05) is 12.4 Å². The average Bonchev–Trinajstić information content (AvgIpc) is 2.31. The Bertz CT molecular complexity index is 386. The molecule has 3 heteroatoms. The Labute approximate surface area is 96.9 Å². The van der Waals surface area contributed by atoms with Gasteiger partial charge in [0.05, 0.1) is 7.11 Å². The van der Waals surface area contributed by atoms with Gasteiger partial charge in [-0.15, -0.1) is 0 Å². The zero-order valence-electron chi connectivity index (χ0n) is 10.0.